The third-order valence-corrected chi connectivity index (χ3v) is 17.7. The van der Waals surface area contributed by atoms with Gasteiger partial charge in [-0.3, -0.25) is 4.79 Å². The highest BCUT2D eigenvalue weighted by atomic mass is 16.5. The van der Waals surface area contributed by atoms with E-state index in [1.165, 1.54) is 5.57 Å². The second kappa shape index (κ2) is 18.2. The first-order chi connectivity index (χ1) is 28.6. The van der Waals surface area contributed by atoms with Crippen molar-refractivity contribution in [3.63, 3.8) is 0 Å². The van der Waals surface area contributed by atoms with E-state index in [1.54, 1.807) is 6.92 Å². The lowest BCUT2D eigenvalue weighted by atomic mass is 9.37. The fourth-order valence-electron chi connectivity index (χ4n) is 14.1. The molecular weight excluding hydrogens is 761 g/mol. The zero-order valence-corrected chi connectivity index (χ0v) is 39.9. The second-order valence-corrected chi connectivity index (χ2v) is 23.1. The summed E-state index contributed by atoms with van der Waals surface area (Å²) in [6.07, 6.45) is 20.7. The van der Waals surface area contributed by atoms with Crippen LogP contribution in [0.4, 0.5) is 0 Å². The minimum Gasteiger partial charge on any atom is -0.393 e. The first-order valence-electron chi connectivity index (χ1n) is 24.1. The SMILES string of the molecule is C=C(CC1CC2(C)C(OC(C)C3=CCCCC=C3)C3C4(CC(C)=O)COC4CC(C=O)C3(C)C(=O)/C(CO)=C(/C1C)C2(C)C)C(C)C(CC(O)CC(C)(C)C)C1C=CCCC1. The number of carbonyl (C=O) groups is 3. The van der Waals surface area contributed by atoms with Crippen LogP contribution in [0.25, 0.3) is 0 Å². The van der Waals surface area contributed by atoms with Gasteiger partial charge in [0.25, 0.3) is 0 Å². The fraction of sp³-hybridized carbons (Fsp3) is 0.759. The van der Waals surface area contributed by atoms with E-state index in [0.717, 1.165) is 81.6 Å². The van der Waals surface area contributed by atoms with Gasteiger partial charge in [-0.25, -0.2) is 0 Å². The zero-order valence-electron chi connectivity index (χ0n) is 39.9. The van der Waals surface area contributed by atoms with Crippen LogP contribution < -0.4 is 0 Å². The highest BCUT2D eigenvalue weighted by molar-refractivity contribution is 6.03. The Morgan fingerprint density at radius 3 is 2.39 bits per heavy atom. The molecule has 3 fully saturated rings. The lowest BCUT2D eigenvalue weighted by Crippen LogP contribution is -2.74. The monoisotopic (exact) mass is 843 g/mol. The summed E-state index contributed by atoms with van der Waals surface area (Å²) in [5.74, 6) is -0.569. The van der Waals surface area contributed by atoms with Gasteiger partial charge in [0, 0.05) is 40.1 Å². The summed E-state index contributed by atoms with van der Waals surface area (Å²) in [4.78, 5) is 42.7. The number of carbonyl (C=O) groups excluding carboxylic acids is 3. The molecule has 1 heterocycles. The Morgan fingerprint density at radius 1 is 1.10 bits per heavy atom. The lowest BCUT2D eigenvalue weighted by Gasteiger charge is -2.70. The first-order valence-corrected chi connectivity index (χ1v) is 24.1. The molecule has 5 aliphatic carbocycles. The van der Waals surface area contributed by atoms with Crippen molar-refractivity contribution in [3.05, 3.63) is 59.3 Å². The molecule has 0 aromatic heterocycles. The van der Waals surface area contributed by atoms with E-state index in [4.69, 9.17) is 16.1 Å². The first kappa shape index (κ1) is 48.0. The van der Waals surface area contributed by atoms with Gasteiger partial charge >= 0.3 is 0 Å². The van der Waals surface area contributed by atoms with Crippen LogP contribution in [0.15, 0.2) is 59.3 Å². The van der Waals surface area contributed by atoms with Crippen LogP contribution in [0.1, 0.15) is 153 Å². The normalized spacial score (nSPS) is 39.2. The molecule has 7 heteroatoms. The molecule has 2 saturated carbocycles. The van der Waals surface area contributed by atoms with E-state index in [2.05, 4.69) is 92.7 Å². The number of ether oxygens (including phenoxy) is 2. The van der Waals surface area contributed by atoms with Gasteiger partial charge in [-0.15, -0.1) is 0 Å². The van der Waals surface area contributed by atoms with Crippen LogP contribution in [-0.2, 0) is 23.9 Å². The highest BCUT2D eigenvalue weighted by Crippen LogP contribution is 2.71. The summed E-state index contributed by atoms with van der Waals surface area (Å²) >= 11 is 0. The number of aliphatic hydroxyl groups excluding tert-OH is 2. The van der Waals surface area contributed by atoms with Crippen LogP contribution in [0.2, 0.25) is 0 Å². The molecule has 1 saturated heterocycles. The molecule has 7 nitrogen and oxygen atoms in total. The van der Waals surface area contributed by atoms with Gasteiger partial charge in [-0.2, -0.15) is 0 Å². The maximum atomic E-state index is 15.8. The van der Waals surface area contributed by atoms with Crippen LogP contribution in [0, 0.1) is 68.5 Å². The lowest BCUT2D eigenvalue weighted by molar-refractivity contribution is -0.307. The molecule has 0 aromatic carbocycles. The minimum atomic E-state index is -1.24. The predicted octanol–water partition coefficient (Wildman–Crippen LogP) is 10.9. The van der Waals surface area contributed by atoms with E-state index < -0.39 is 52.3 Å². The summed E-state index contributed by atoms with van der Waals surface area (Å²) < 4.78 is 14.0. The number of rotatable bonds is 15. The minimum absolute atomic E-state index is 0.0187. The van der Waals surface area contributed by atoms with Gasteiger partial charge in [0.05, 0.1) is 37.6 Å². The van der Waals surface area contributed by atoms with Gasteiger partial charge in [-0.1, -0.05) is 110 Å². The number of aliphatic hydroxyl groups is 2. The molecule has 0 spiro atoms. The molecule has 2 N–H and O–H groups in total. The number of fused-ring (bicyclic) bond motifs is 5. The molecule has 0 amide bonds. The Labute approximate surface area is 369 Å². The third kappa shape index (κ3) is 8.74. The molecule has 2 bridgehead atoms. The van der Waals surface area contributed by atoms with Crippen molar-refractivity contribution in [1.82, 2.24) is 0 Å². The standard InChI is InChI=1S/C54H82O7/c1-33(35(3)43(39-22-18-15-19-23-39)26-42(58)29-50(6,7)8)24-40-28-52(11)49(61-37(5)38-20-16-13-14-17-21-38)47-53(12,48(59)44(31-56)46(36(40)4)51(52,9)10)41(30-55)25-45-54(47,32-60-45)27-34(2)57/h16,18,20-22,30,35-37,39-43,45,47,49,56,58H,1,13-15,17,19,23-29,31-32H2,2-12H3/b46-44-. The highest BCUT2D eigenvalue weighted by Gasteiger charge is 2.74. The third-order valence-electron chi connectivity index (χ3n) is 17.7. The molecule has 340 valence electrons. The topological polar surface area (TPSA) is 110 Å². The summed E-state index contributed by atoms with van der Waals surface area (Å²) in [5.41, 5.74) is 0.534. The number of aldehydes is 1. The molecule has 14 atom stereocenters. The number of hydrogen-bond donors (Lipinski definition) is 2. The Morgan fingerprint density at radius 2 is 1.80 bits per heavy atom. The molecule has 14 unspecified atom stereocenters. The van der Waals surface area contributed by atoms with Gasteiger partial charge < -0.3 is 29.3 Å². The molecule has 6 aliphatic rings. The van der Waals surface area contributed by atoms with Crippen LogP contribution in [0.5, 0.6) is 0 Å². The van der Waals surface area contributed by atoms with Crippen molar-refractivity contribution in [2.45, 2.75) is 178 Å². The summed E-state index contributed by atoms with van der Waals surface area (Å²) in [7, 11) is 0. The largest absolute Gasteiger partial charge is 0.393 e. The molecule has 61 heavy (non-hydrogen) atoms. The summed E-state index contributed by atoms with van der Waals surface area (Å²) in [6, 6.07) is 0. The van der Waals surface area contributed by atoms with Crippen molar-refractivity contribution in [1.29, 1.82) is 0 Å². The maximum absolute atomic E-state index is 15.8. The van der Waals surface area contributed by atoms with Crippen molar-refractivity contribution < 1.29 is 34.1 Å². The van der Waals surface area contributed by atoms with Crippen LogP contribution in [0.3, 0.4) is 0 Å². The molecule has 0 aromatic rings. The van der Waals surface area contributed by atoms with E-state index in [1.807, 2.05) is 6.92 Å². The van der Waals surface area contributed by atoms with Gasteiger partial charge in [0.2, 0.25) is 0 Å². The van der Waals surface area contributed by atoms with E-state index >= 15 is 4.79 Å². The van der Waals surface area contributed by atoms with E-state index in [0.29, 0.717) is 24.5 Å². The zero-order chi connectivity index (χ0) is 44.9. The second-order valence-electron chi connectivity index (χ2n) is 23.1. The Bertz CT molecular complexity index is 1790. The van der Waals surface area contributed by atoms with Gasteiger partial charge in [-0.05, 0) is 130 Å². The smallest absolute Gasteiger partial charge is 0.168 e. The van der Waals surface area contributed by atoms with Gasteiger partial charge in [0.1, 0.15) is 12.1 Å². The Kier molecular flexibility index (Phi) is 14.3. The van der Waals surface area contributed by atoms with Crippen LogP contribution >= 0.6 is 0 Å². The van der Waals surface area contributed by atoms with Crippen LogP contribution in [-0.4, -0.2) is 65.7 Å². The van der Waals surface area contributed by atoms with Gasteiger partial charge in [0.15, 0.2) is 5.78 Å². The van der Waals surface area contributed by atoms with Crippen molar-refractivity contribution in [2.75, 3.05) is 13.2 Å². The average molecular weight is 843 g/mol. The fourth-order valence-corrected chi connectivity index (χ4v) is 14.1. The van der Waals surface area contributed by atoms with E-state index in [9.17, 15) is 19.8 Å². The number of ketones is 2. The quantitative estimate of drug-likeness (QED) is 0.125. The Balaban J connectivity index is 1.50. The number of hydrogen-bond acceptors (Lipinski definition) is 7. The summed E-state index contributed by atoms with van der Waals surface area (Å²) in [5, 5.41) is 23.0. The maximum Gasteiger partial charge on any atom is 0.168 e. The molecular formula is C54H82O7. The predicted molar refractivity (Wildman–Crippen MR) is 245 cm³/mol. The summed E-state index contributed by atoms with van der Waals surface area (Å²) in [6.45, 7) is 28.4. The van der Waals surface area contributed by atoms with Crippen molar-refractivity contribution in [3.8, 4) is 0 Å². The van der Waals surface area contributed by atoms with E-state index in [-0.39, 0.29) is 59.3 Å². The van der Waals surface area contributed by atoms with Crippen molar-refractivity contribution >= 4 is 17.9 Å². The average Bonchev–Trinajstić information content (AvgIpc) is 3.48. The van der Waals surface area contributed by atoms with Crippen molar-refractivity contribution in [2.24, 2.45) is 68.5 Å². The molecule has 1 aliphatic heterocycles. The Hall–Kier alpha value is -2.45. The molecule has 0 radical (unpaired) electrons. The number of Topliss-reactive ketones (excluding diaryl/α,β-unsaturated/α-hetero) is 2. The number of allylic oxidation sites excluding steroid dienone is 6. The molecule has 6 rings (SSSR count).